The molecule has 1 aromatic carbocycles. The lowest BCUT2D eigenvalue weighted by Gasteiger charge is -2.22. The molecule has 20 heavy (non-hydrogen) atoms. The highest BCUT2D eigenvalue weighted by molar-refractivity contribution is 5.79. The van der Waals surface area contributed by atoms with Crippen LogP contribution in [-0.2, 0) is 0 Å². The van der Waals surface area contributed by atoms with Crippen molar-refractivity contribution in [2.24, 2.45) is 5.92 Å². The predicted octanol–water partition coefficient (Wildman–Crippen LogP) is 4.11. The lowest BCUT2D eigenvalue weighted by atomic mass is 9.90. The number of rotatable bonds is 6. The van der Waals surface area contributed by atoms with E-state index in [1.165, 1.54) is 32.1 Å². The van der Waals surface area contributed by atoms with Crippen molar-refractivity contribution >= 4 is 5.71 Å². The minimum atomic E-state index is -0.606. The quantitative estimate of drug-likeness (QED) is 0.768. The van der Waals surface area contributed by atoms with Crippen molar-refractivity contribution in [3.05, 3.63) is 29.8 Å². The van der Waals surface area contributed by atoms with Gasteiger partial charge in [0.1, 0.15) is 5.75 Å². The largest absolute Gasteiger partial charge is 0.493 e. The molecule has 1 aliphatic carbocycles. The molecule has 1 fully saturated rings. The fraction of sp³-hybridized carbons (Fsp3) is 0.588. The molecule has 0 saturated heterocycles. The summed E-state index contributed by atoms with van der Waals surface area (Å²) in [5.74, 6) is 1.51. The second-order valence-corrected chi connectivity index (χ2v) is 5.89. The Labute approximate surface area is 121 Å². The Morgan fingerprint density at radius 1 is 1.35 bits per heavy atom. The van der Waals surface area contributed by atoms with Crippen molar-refractivity contribution in [1.29, 1.82) is 5.41 Å². The van der Waals surface area contributed by atoms with Gasteiger partial charge in [-0.1, -0.05) is 31.4 Å². The Hall–Kier alpha value is -1.35. The van der Waals surface area contributed by atoms with Crippen LogP contribution in [0.1, 0.15) is 57.1 Å². The summed E-state index contributed by atoms with van der Waals surface area (Å²) < 4.78 is 5.88. The summed E-state index contributed by atoms with van der Waals surface area (Å²) >= 11 is 0. The summed E-state index contributed by atoms with van der Waals surface area (Å²) in [6, 6.07) is 7.64. The van der Waals surface area contributed by atoms with E-state index in [1.54, 1.807) is 6.92 Å². The van der Waals surface area contributed by atoms with Crippen LogP contribution >= 0.6 is 0 Å². The van der Waals surface area contributed by atoms with Gasteiger partial charge in [0.15, 0.2) is 0 Å². The molecule has 1 saturated carbocycles. The molecule has 3 heteroatoms. The van der Waals surface area contributed by atoms with Crippen LogP contribution in [0.5, 0.6) is 5.75 Å². The van der Waals surface area contributed by atoms with Crippen molar-refractivity contribution in [3.8, 4) is 5.75 Å². The number of aliphatic hydroxyl groups excluding tert-OH is 1. The standard InChI is InChI=1S/C17H25NO2/c1-13(18)10-17(19)15-8-5-9-16(11-15)20-12-14-6-3-2-4-7-14/h5,8-9,11,14,17-19H,2-4,6-7,10,12H2,1H3. The first-order valence-corrected chi connectivity index (χ1v) is 7.60. The van der Waals surface area contributed by atoms with Crippen molar-refractivity contribution < 1.29 is 9.84 Å². The van der Waals surface area contributed by atoms with E-state index in [4.69, 9.17) is 10.1 Å². The molecular formula is C17H25NO2. The maximum atomic E-state index is 10.0. The monoisotopic (exact) mass is 275 g/mol. The van der Waals surface area contributed by atoms with E-state index in [-0.39, 0.29) is 0 Å². The van der Waals surface area contributed by atoms with Crippen LogP contribution in [0.4, 0.5) is 0 Å². The Kier molecular flexibility index (Phi) is 5.60. The van der Waals surface area contributed by atoms with Gasteiger partial charge in [0.25, 0.3) is 0 Å². The zero-order valence-corrected chi connectivity index (χ0v) is 12.3. The summed E-state index contributed by atoms with van der Waals surface area (Å²) in [5.41, 5.74) is 1.32. The van der Waals surface area contributed by atoms with Gasteiger partial charge in [-0.2, -0.15) is 0 Å². The number of hydrogen-bond donors (Lipinski definition) is 2. The third kappa shape index (κ3) is 4.64. The van der Waals surface area contributed by atoms with Crippen molar-refractivity contribution in [2.45, 2.75) is 51.6 Å². The molecule has 1 aromatic rings. The highest BCUT2D eigenvalue weighted by Gasteiger charge is 2.14. The third-order valence-electron chi connectivity index (χ3n) is 3.95. The first kappa shape index (κ1) is 15.0. The van der Waals surface area contributed by atoms with Crippen LogP contribution in [0.25, 0.3) is 0 Å². The van der Waals surface area contributed by atoms with Gasteiger partial charge in [0.2, 0.25) is 0 Å². The first-order valence-electron chi connectivity index (χ1n) is 7.60. The van der Waals surface area contributed by atoms with Crippen LogP contribution in [0, 0.1) is 11.3 Å². The number of aliphatic hydroxyl groups is 1. The second-order valence-electron chi connectivity index (χ2n) is 5.89. The number of hydrogen-bond acceptors (Lipinski definition) is 3. The average Bonchev–Trinajstić information content (AvgIpc) is 2.46. The molecule has 3 nitrogen and oxygen atoms in total. The Bertz CT molecular complexity index is 438. The van der Waals surface area contributed by atoms with Crippen LogP contribution in [0.2, 0.25) is 0 Å². The van der Waals surface area contributed by atoms with Crippen LogP contribution in [0.15, 0.2) is 24.3 Å². The maximum absolute atomic E-state index is 10.0. The van der Waals surface area contributed by atoms with E-state index in [0.29, 0.717) is 18.1 Å². The van der Waals surface area contributed by atoms with Crippen molar-refractivity contribution in [1.82, 2.24) is 0 Å². The molecule has 1 unspecified atom stereocenters. The molecule has 0 amide bonds. The molecule has 2 rings (SSSR count). The van der Waals surface area contributed by atoms with Gasteiger partial charge >= 0.3 is 0 Å². The van der Waals surface area contributed by atoms with Crippen molar-refractivity contribution in [2.75, 3.05) is 6.61 Å². The zero-order chi connectivity index (χ0) is 14.4. The van der Waals surface area contributed by atoms with Gasteiger partial charge in [-0.05, 0) is 43.4 Å². The summed E-state index contributed by atoms with van der Waals surface area (Å²) in [6.07, 6.45) is 6.33. The highest BCUT2D eigenvalue weighted by Crippen LogP contribution is 2.26. The summed E-state index contributed by atoms with van der Waals surface area (Å²) in [5, 5.41) is 17.5. The highest BCUT2D eigenvalue weighted by atomic mass is 16.5. The summed E-state index contributed by atoms with van der Waals surface area (Å²) in [4.78, 5) is 0. The van der Waals surface area contributed by atoms with Gasteiger partial charge in [0.05, 0.1) is 12.7 Å². The van der Waals surface area contributed by atoms with E-state index in [1.807, 2.05) is 24.3 Å². The fourth-order valence-corrected chi connectivity index (χ4v) is 2.79. The molecule has 2 N–H and O–H groups in total. The first-order chi connectivity index (χ1) is 9.65. The van der Waals surface area contributed by atoms with Gasteiger partial charge < -0.3 is 15.3 Å². The molecule has 1 aliphatic rings. The smallest absolute Gasteiger partial charge is 0.119 e. The lowest BCUT2D eigenvalue weighted by molar-refractivity contribution is 0.183. The Balaban J connectivity index is 1.89. The van der Waals surface area contributed by atoms with Gasteiger partial charge in [-0.25, -0.2) is 0 Å². The van der Waals surface area contributed by atoms with Crippen LogP contribution < -0.4 is 4.74 Å². The van der Waals surface area contributed by atoms with E-state index in [9.17, 15) is 5.11 Å². The molecule has 110 valence electrons. The van der Waals surface area contributed by atoms with E-state index in [0.717, 1.165) is 17.9 Å². The predicted molar refractivity (Wildman–Crippen MR) is 81.5 cm³/mol. The molecule has 0 aliphatic heterocycles. The molecule has 0 aromatic heterocycles. The van der Waals surface area contributed by atoms with E-state index >= 15 is 0 Å². The lowest BCUT2D eigenvalue weighted by Crippen LogP contribution is -2.15. The number of benzene rings is 1. The fourth-order valence-electron chi connectivity index (χ4n) is 2.79. The molecular weight excluding hydrogens is 250 g/mol. The van der Waals surface area contributed by atoms with E-state index < -0.39 is 6.10 Å². The minimum absolute atomic E-state index is 0.381. The molecule has 0 heterocycles. The summed E-state index contributed by atoms with van der Waals surface area (Å²) in [6.45, 7) is 2.50. The summed E-state index contributed by atoms with van der Waals surface area (Å²) in [7, 11) is 0. The molecule has 0 radical (unpaired) electrons. The molecule has 1 atom stereocenters. The van der Waals surface area contributed by atoms with Gasteiger partial charge in [0, 0.05) is 12.1 Å². The maximum Gasteiger partial charge on any atom is 0.119 e. The van der Waals surface area contributed by atoms with E-state index in [2.05, 4.69) is 0 Å². The Morgan fingerprint density at radius 3 is 2.80 bits per heavy atom. The second kappa shape index (κ2) is 7.44. The molecule has 0 spiro atoms. The molecule has 0 bridgehead atoms. The SMILES string of the molecule is CC(=N)CC(O)c1cccc(OCC2CCCCC2)c1. The number of ether oxygens (including phenoxy) is 1. The zero-order valence-electron chi connectivity index (χ0n) is 12.3. The van der Waals surface area contributed by atoms with Crippen molar-refractivity contribution in [3.63, 3.8) is 0 Å². The minimum Gasteiger partial charge on any atom is -0.493 e. The van der Waals surface area contributed by atoms with Gasteiger partial charge in [-0.3, -0.25) is 0 Å². The van der Waals surface area contributed by atoms with Gasteiger partial charge in [-0.15, -0.1) is 0 Å². The van der Waals surface area contributed by atoms with Crippen LogP contribution in [0.3, 0.4) is 0 Å². The average molecular weight is 275 g/mol. The Morgan fingerprint density at radius 2 is 2.10 bits per heavy atom. The normalized spacial score (nSPS) is 17.7. The topological polar surface area (TPSA) is 53.3 Å². The number of nitrogens with one attached hydrogen (secondary N) is 1. The third-order valence-corrected chi connectivity index (χ3v) is 3.95. The van der Waals surface area contributed by atoms with Crippen LogP contribution in [-0.4, -0.2) is 17.4 Å².